The molecular weight excluding hydrogens is 586 g/mol. The summed E-state index contributed by atoms with van der Waals surface area (Å²) < 4.78 is 35.4. The fraction of sp³-hybridized carbons (Fsp3) is 0.824. The van der Waals surface area contributed by atoms with Crippen molar-refractivity contribution >= 4 is 26.4 Å². The van der Waals surface area contributed by atoms with Crippen LogP contribution in [-0.4, -0.2) is 95.0 Å². The van der Waals surface area contributed by atoms with E-state index in [1.807, 2.05) is 117 Å². The Morgan fingerprint density at radius 2 is 1.11 bits per heavy atom. The van der Waals surface area contributed by atoms with E-state index >= 15 is 0 Å². The molecule has 0 spiro atoms. The lowest BCUT2D eigenvalue weighted by atomic mass is 9.73. The summed E-state index contributed by atoms with van der Waals surface area (Å²) in [5, 5.41) is 0. The number of rotatable bonds is 2. The van der Waals surface area contributed by atoms with E-state index in [1.165, 1.54) is 0 Å². The van der Waals surface area contributed by atoms with Crippen molar-refractivity contribution in [1.29, 1.82) is 0 Å². The van der Waals surface area contributed by atoms with Gasteiger partial charge in [0.25, 0.3) is 0 Å². The first-order valence-electron chi connectivity index (χ1n) is 16.7. The molecule has 4 aliphatic heterocycles. The molecule has 4 aliphatic rings. The number of hydrogen-bond acceptors (Lipinski definition) is 8. The van der Waals surface area contributed by atoms with E-state index in [2.05, 4.69) is 6.08 Å². The molecule has 2 fully saturated rings. The molecule has 0 N–H and O–H groups in total. The Bertz CT molecular complexity index is 1140. The van der Waals surface area contributed by atoms with Gasteiger partial charge in [0.15, 0.2) is 0 Å². The van der Waals surface area contributed by atoms with Crippen molar-refractivity contribution < 1.29 is 37.7 Å². The van der Waals surface area contributed by atoms with Gasteiger partial charge in [-0.2, -0.15) is 0 Å². The van der Waals surface area contributed by atoms with Gasteiger partial charge in [0.1, 0.15) is 11.2 Å². The Hall–Kier alpha value is -2.01. The van der Waals surface area contributed by atoms with Crippen LogP contribution in [-0.2, 0) is 28.1 Å². The second-order valence-corrected chi connectivity index (χ2v) is 17.0. The zero-order valence-electron chi connectivity index (χ0n) is 31.5. The molecule has 0 aromatic carbocycles. The molecule has 0 aromatic rings. The number of carbonyl (C=O) groups is 2. The molecule has 0 saturated carbocycles. The minimum atomic E-state index is -0.480. The van der Waals surface area contributed by atoms with Crippen molar-refractivity contribution in [2.75, 3.05) is 13.1 Å². The number of carbonyl (C=O) groups excluding carboxylic acids is 2. The molecule has 12 heteroatoms. The van der Waals surface area contributed by atoms with E-state index in [4.69, 9.17) is 28.1 Å². The molecule has 2 amide bonds. The van der Waals surface area contributed by atoms with Crippen molar-refractivity contribution in [3.8, 4) is 0 Å². The molecule has 10 nitrogen and oxygen atoms in total. The fourth-order valence-electron chi connectivity index (χ4n) is 5.40. The van der Waals surface area contributed by atoms with Gasteiger partial charge in [-0.05, 0) is 135 Å². The van der Waals surface area contributed by atoms with Gasteiger partial charge < -0.3 is 37.9 Å². The molecule has 0 bridgehead atoms. The van der Waals surface area contributed by atoms with Gasteiger partial charge in [-0.15, -0.1) is 0 Å². The second-order valence-electron chi connectivity index (χ2n) is 17.0. The maximum absolute atomic E-state index is 12.3. The quantitative estimate of drug-likeness (QED) is 0.292. The van der Waals surface area contributed by atoms with Gasteiger partial charge in [0, 0.05) is 19.1 Å². The van der Waals surface area contributed by atoms with Crippen LogP contribution in [0.1, 0.15) is 124 Å². The molecule has 0 radical (unpaired) electrons. The third-order valence-corrected chi connectivity index (χ3v) is 9.57. The van der Waals surface area contributed by atoms with Crippen LogP contribution in [0.3, 0.4) is 0 Å². The summed E-state index contributed by atoms with van der Waals surface area (Å²) in [6.45, 7) is 32.8. The summed E-state index contributed by atoms with van der Waals surface area (Å²) in [5.41, 5.74) is -0.117. The molecule has 2 saturated heterocycles. The van der Waals surface area contributed by atoms with Gasteiger partial charge in [0.05, 0.1) is 28.4 Å². The van der Waals surface area contributed by atoms with E-state index in [-0.39, 0.29) is 60.9 Å². The largest absolute Gasteiger partial charge is 0.490 e. The highest BCUT2D eigenvalue weighted by Gasteiger charge is 2.54. The highest BCUT2D eigenvalue weighted by Crippen LogP contribution is 2.41. The number of ether oxygens (including phenoxy) is 2. The lowest BCUT2D eigenvalue weighted by Gasteiger charge is -2.34. The SMILES string of the molecule is C[C@@H]1C=C(B2OC(C)(C)C(C)(C)O2)CCN1C(=O)OC(C)(C)C.C[C@@H]1CC(B2OC(C)(C)C(C)(C)O2)=CCN1C(=O)OC(C)(C)C. The molecule has 0 aromatic heterocycles. The van der Waals surface area contributed by atoms with Gasteiger partial charge in [-0.25, -0.2) is 9.59 Å². The van der Waals surface area contributed by atoms with Crippen LogP contribution in [0.2, 0.25) is 0 Å². The second kappa shape index (κ2) is 13.1. The third kappa shape index (κ3) is 9.11. The van der Waals surface area contributed by atoms with Crippen LogP contribution >= 0.6 is 0 Å². The summed E-state index contributed by atoms with van der Waals surface area (Å²) in [5.74, 6) is 0. The highest BCUT2D eigenvalue weighted by atomic mass is 16.7. The van der Waals surface area contributed by atoms with Crippen LogP contribution in [0.25, 0.3) is 0 Å². The average molecular weight is 646 g/mol. The average Bonchev–Trinajstić information content (AvgIpc) is 3.21. The van der Waals surface area contributed by atoms with E-state index in [0.29, 0.717) is 13.1 Å². The zero-order valence-corrected chi connectivity index (χ0v) is 31.5. The maximum atomic E-state index is 12.3. The summed E-state index contributed by atoms with van der Waals surface area (Å²) in [6.07, 6.45) is 5.03. The molecular formula is C34H60B2N2O8. The normalized spacial score (nSPS) is 27.0. The number of amides is 2. The summed E-state index contributed by atoms with van der Waals surface area (Å²) in [7, 11) is -0.661. The zero-order chi connectivity index (χ0) is 35.3. The van der Waals surface area contributed by atoms with Gasteiger partial charge in [-0.1, -0.05) is 12.2 Å². The van der Waals surface area contributed by atoms with Gasteiger partial charge >= 0.3 is 26.4 Å². The van der Waals surface area contributed by atoms with Crippen molar-refractivity contribution in [3.63, 3.8) is 0 Å². The third-order valence-electron chi connectivity index (χ3n) is 9.57. The minimum Gasteiger partial charge on any atom is -0.444 e. The topological polar surface area (TPSA) is 96.0 Å². The van der Waals surface area contributed by atoms with Crippen LogP contribution in [0.5, 0.6) is 0 Å². The van der Waals surface area contributed by atoms with E-state index in [0.717, 1.165) is 23.8 Å². The lowest BCUT2D eigenvalue weighted by molar-refractivity contribution is 0.00578. The van der Waals surface area contributed by atoms with Gasteiger partial charge in [0.2, 0.25) is 0 Å². The summed E-state index contributed by atoms with van der Waals surface area (Å²) in [6, 6.07) is 0.0245. The molecule has 4 rings (SSSR count). The molecule has 4 heterocycles. The Morgan fingerprint density at radius 1 is 0.717 bits per heavy atom. The molecule has 260 valence electrons. The maximum Gasteiger partial charge on any atom is 0.490 e. The Kier molecular flexibility index (Phi) is 11.0. The predicted molar refractivity (Wildman–Crippen MR) is 182 cm³/mol. The molecule has 0 unspecified atom stereocenters. The van der Waals surface area contributed by atoms with Crippen molar-refractivity contribution in [2.45, 2.75) is 169 Å². The first-order valence-corrected chi connectivity index (χ1v) is 16.7. The first-order chi connectivity index (χ1) is 20.6. The first kappa shape index (κ1) is 38.4. The highest BCUT2D eigenvalue weighted by molar-refractivity contribution is 6.55. The monoisotopic (exact) mass is 646 g/mol. The van der Waals surface area contributed by atoms with Crippen molar-refractivity contribution in [2.24, 2.45) is 0 Å². The number of nitrogens with zero attached hydrogens (tertiary/aromatic N) is 2. The van der Waals surface area contributed by atoms with E-state index in [9.17, 15) is 9.59 Å². The summed E-state index contributed by atoms with van der Waals surface area (Å²) in [4.78, 5) is 28.0. The Morgan fingerprint density at radius 3 is 1.48 bits per heavy atom. The standard InChI is InChI=1S/2C17H30BNO4/c2*1-12-11-13(18-22-16(5,6)17(7,8)23-18)9-10-19(12)14(20)21-15(2,3)4/h11-12H,9-10H2,1-8H3;9,12H,10-11H2,1-8H3/t2*12-/m11/s1. The van der Waals surface area contributed by atoms with Crippen molar-refractivity contribution in [3.05, 3.63) is 23.1 Å². The summed E-state index contributed by atoms with van der Waals surface area (Å²) >= 11 is 0. The fourth-order valence-corrected chi connectivity index (χ4v) is 5.40. The van der Waals surface area contributed by atoms with Crippen LogP contribution in [0.15, 0.2) is 23.1 Å². The Balaban J connectivity index is 0.000000250. The molecule has 2 atom stereocenters. The van der Waals surface area contributed by atoms with Crippen molar-refractivity contribution in [1.82, 2.24) is 9.80 Å². The van der Waals surface area contributed by atoms with Crippen LogP contribution in [0.4, 0.5) is 9.59 Å². The Labute approximate surface area is 279 Å². The minimum absolute atomic E-state index is 0.0346. The van der Waals surface area contributed by atoms with Gasteiger partial charge in [-0.3, -0.25) is 0 Å². The molecule has 0 aliphatic carbocycles. The van der Waals surface area contributed by atoms with Crippen LogP contribution in [0, 0.1) is 0 Å². The van der Waals surface area contributed by atoms with E-state index in [1.54, 1.807) is 9.80 Å². The number of hydrogen-bond donors (Lipinski definition) is 0. The predicted octanol–water partition coefficient (Wildman–Crippen LogP) is 7.15. The lowest BCUT2D eigenvalue weighted by Crippen LogP contribution is -2.45. The molecule has 46 heavy (non-hydrogen) atoms. The van der Waals surface area contributed by atoms with Crippen LogP contribution < -0.4 is 0 Å². The van der Waals surface area contributed by atoms with E-state index < -0.39 is 11.2 Å². The smallest absolute Gasteiger partial charge is 0.444 e.